The highest BCUT2D eigenvalue weighted by molar-refractivity contribution is 6.30. The van der Waals surface area contributed by atoms with Crippen LogP contribution in [0.2, 0.25) is 5.02 Å². The minimum Gasteiger partial charge on any atom is -0.487 e. The average Bonchev–Trinajstić information content (AvgIpc) is 2.50. The largest absolute Gasteiger partial charge is 0.487 e. The first-order chi connectivity index (χ1) is 11.0. The van der Waals surface area contributed by atoms with Crippen LogP contribution in [0.5, 0.6) is 5.75 Å². The van der Waals surface area contributed by atoms with Gasteiger partial charge in [-0.3, -0.25) is 4.90 Å². The summed E-state index contributed by atoms with van der Waals surface area (Å²) >= 11 is 5.95. The fourth-order valence-corrected chi connectivity index (χ4v) is 4.34. The number of piperidine rings is 2. The van der Waals surface area contributed by atoms with Crippen molar-refractivity contribution >= 4 is 11.6 Å². The van der Waals surface area contributed by atoms with Crippen molar-refractivity contribution in [3.63, 3.8) is 0 Å². The molecular formula is C19H29ClN2O. The molecule has 3 nitrogen and oxygen atoms in total. The first kappa shape index (κ1) is 17.1. The smallest absolute Gasteiger partial charge is 0.120 e. The van der Waals surface area contributed by atoms with Crippen LogP contribution in [0.1, 0.15) is 39.5 Å². The molecule has 1 atom stereocenters. The lowest BCUT2D eigenvalue weighted by Gasteiger charge is -2.47. The fraction of sp³-hybridized carbons (Fsp3) is 0.684. The Hall–Kier alpha value is -0.770. The lowest BCUT2D eigenvalue weighted by atomic mass is 9.74. The van der Waals surface area contributed by atoms with Gasteiger partial charge in [-0.15, -0.1) is 0 Å². The summed E-state index contributed by atoms with van der Waals surface area (Å²) in [6.45, 7) is 10.1. The number of likely N-dealkylation sites (tertiary alicyclic amines) is 1. The maximum atomic E-state index is 6.22. The molecule has 2 fully saturated rings. The van der Waals surface area contributed by atoms with E-state index in [1.54, 1.807) is 0 Å². The Kier molecular flexibility index (Phi) is 5.19. The maximum Gasteiger partial charge on any atom is 0.120 e. The van der Waals surface area contributed by atoms with Crippen molar-refractivity contribution < 1.29 is 4.74 Å². The Morgan fingerprint density at radius 1 is 1.22 bits per heavy atom. The summed E-state index contributed by atoms with van der Waals surface area (Å²) in [4.78, 5) is 2.60. The Balaban J connectivity index is 1.59. The van der Waals surface area contributed by atoms with E-state index in [-0.39, 0.29) is 5.60 Å². The van der Waals surface area contributed by atoms with Gasteiger partial charge in [0.2, 0.25) is 0 Å². The second-order valence-electron chi connectivity index (χ2n) is 7.91. The van der Waals surface area contributed by atoms with Crippen molar-refractivity contribution in [2.45, 2.75) is 45.1 Å². The molecule has 2 aliphatic rings. The molecule has 0 radical (unpaired) electrons. The summed E-state index contributed by atoms with van der Waals surface area (Å²) in [5.74, 6) is 0.894. The van der Waals surface area contributed by atoms with Crippen molar-refractivity contribution in [1.82, 2.24) is 10.2 Å². The van der Waals surface area contributed by atoms with E-state index in [9.17, 15) is 0 Å². The van der Waals surface area contributed by atoms with Crippen LogP contribution >= 0.6 is 11.6 Å². The lowest BCUT2D eigenvalue weighted by molar-refractivity contribution is 0.00747. The predicted molar refractivity (Wildman–Crippen MR) is 96.4 cm³/mol. The molecule has 0 aliphatic carbocycles. The van der Waals surface area contributed by atoms with Crippen LogP contribution < -0.4 is 10.1 Å². The van der Waals surface area contributed by atoms with E-state index in [1.165, 1.54) is 51.9 Å². The van der Waals surface area contributed by atoms with Crippen molar-refractivity contribution in [1.29, 1.82) is 0 Å². The standard InChI is InChI=1S/C19H29ClN2O/c1-18(2,23-17-7-5-16(20)6-8-17)14-22-12-4-10-19(15-22)9-3-11-21-13-19/h5-8,21H,3-4,9-15H2,1-2H3. The lowest BCUT2D eigenvalue weighted by Crippen LogP contribution is -2.54. The number of hydrogen-bond donors (Lipinski definition) is 1. The second kappa shape index (κ2) is 7.00. The maximum absolute atomic E-state index is 6.22. The molecule has 0 saturated carbocycles. The molecule has 0 bridgehead atoms. The normalized spacial score (nSPS) is 26.4. The van der Waals surface area contributed by atoms with Gasteiger partial charge in [0.15, 0.2) is 0 Å². The molecule has 0 aromatic heterocycles. The molecule has 2 heterocycles. The number of halogens is 1. The Labute approximate surface area is 145 Å². The highest BCUT2D eigenvalue weighted by Gasteiger charge is 2.38. The van der Waals surface area contributed by atoms with Crippen molar-refractivity contribution in [3.05, 3.63) is 29.3 Å². The summed E-state index contributed by atoms with van der Waals surface area (Å²) in [7, 11) is 0. The zero-order valence-electron chi connectivity index (χ0n) is 14.4. The molecule has 3 rings (SSSR count). The molecule has 1 aromatic rings. The topological polar surface area (TPSA) is 24.5 Å². The molecule has 2 aliphatic heterocycles. The Morgan fingerprint density at radius 2 is 1.96 bits per heavy atom. The van der Waals surface area contributed by atoms with Crippen LogP contribution in [-0.2, 0) is 0 Å². The minimum atomic E-state index is -0.200. The summed E-state index contributed by atoms with van der Waals surface area (Å²) in [6.07, 6.45) is 5.36. The first-order valence-corrected chi connectivity index (χ1v) is 9.22. The molecular weight excluding hydrogens is 308 g/mol. The first-order valence-electron chi connectivity index (χ1n) is 8.84. The van der Waals surface area contributed by atoms with E-state index in [0.717, 1.165) is 17.3 Å². The average molecular weight is 337 g/mol. The van der Waals surface area contributed by atoms with Crippen molar-refractivity contribution in [3.8, 4) is 5.75 Å². The molecule has 1 N–H and O–H groups in total. The summed E-state index contributed by atoms with van der Waals surface area (Å²) < 4.78 is 6.22. The molecule has 4 heteroatoms. The molecule has 128 valence electrons. The van der Waals surface area contributed by atoms with Gasteiger partial charge in [-0.2, -0.15) is 0 Å². The molecule has 1 unspecified atom stereocenters. The van der Waals surface area contributed by atoms with E-state index >= 15 is 0 Å². The molecule has 2 saturated heterocycles. The molecule has 1 spiro atoms. The quantitative estimate of drug-likeness (QED) is 0.900. The van der Waals surface area contributed by atoms with Crippen LogP contribution in [0.3, 0.4) is 0 Å². The van der Waals surface area contributed by atoms with Gasteiger partial charge in [-0.25, -0.2) is 0 Å². The molecule has 0 amide bonds. The van der Waals surface area contributed by atoms with Gasteiger partial charge >= 0.3 is 0 Å². The number of nitrogens with one attached hydrogen (secondary N) is 1. The fourth-order valence-electron chi connectivity index (χ4n) is 4.22. The van der Waals surface area contributed by atoms with Crippen LogP contribution in [0.4, 0.5) is 0 Å². The Bertz CT molecular complexity index is 503. The third kappa shape index (κ3) is 4.62. The number of benzene rings is 1. The monoisotopic (exact) mass is 336 g/mol. The van der Waals surface area contributed by atoms with E-state index in [2.05, 4.69) is 24.1 Å². The van der Waals surface area contributed by atoms with Crippen LogP contribution in [0, 0.1) is 5.41 Å². The van der Waals surface area contributed by atoms with Gasteiger partial charge in [0, 0.05) is 24.7 Å². The van der Waals surface area contributed by atoms with Gasteiger partial charge in [0.1, 0.15) is 11.4 Å². The molecule has 23 heavy (non-hydrogen) atoms. The van der Waals surface area contributed by atoms with Gasteiger partial charge in [-0.1, -0.05) is 11.6 Å². The van der Waals surface area contributed by atoms with Gasteiger partial charge in [0.25, 0.3) is 0 Å². The number of hydrogen-bond acceptors (Lipinski definition) is 3. The summed E-state index contributed by atoms with van der Waals surface area (Å²) in [5.41, 5.74) is 0.293. The number of rotatable bonds is 4. The summed E-state index contributed by atoms with van der Waals surface area (Å²) in [5, 5.41) is 4.35. The highest BCUT2D eigenvalue weighted by Crippen LogP contribution is 2.36. The van der Waals surface area contributed by atoms with Crippen LogP contribution in [0.25, 0.3) is 0 Å². The van der Waals surface area contributed by atoms with Crippen LogP contribution in [0.15, 0.2) is 24.3 Å². The van der Waals surface area contributed by atoms with E-state index in [1.807, 2.05) is 24.3 Å². The predicted octanol–water partition coefficient (Wildman–Crippen LogP) is 3.96. The highest BCUT2D eigenvalue weighted by atomic mass is 35.5. The van der Waals surface area contributed by atoms with Gasteiger partial charge < -0.3 is 10.1 Å². The Morgan fingerprint density at radius 3 is 2.65 bits per heavy atom. The van der Waals surface area contributed by atoms with Gasteiger partial charge in [0.05, 0.1) is 0 Å². The zero-order chi connectivity index (χ0) is 16.3. The SMILES string of the molecule is CC(C)(CN1CCCC2(CCCNC2)C1)Oc1ccc(Cl)cc1. The minimum absolute atomic E-state index is 0.200. The third-order valence-corrected chi connectivity index (χ3v) is 5.37. The zero-order valence-corrected chi connectivity index (χ0v) is 15.2. The van der Waals surface area contributed by atoms with E-state index in [0.29, 0.717) is 5.41 Å². The number of nitrogens with zero attached hydrogens (tertiary/aromatic N) is 1. The van der Waals surface area contributed by atoms with Gasteiger partial charge in [-0.05, 0) is 82.3 Å². The van der Waals surface area contributed by atoms with E-state index in [4.69, 9.17) is 16.3 Å². The van der Waals surface area contributed by atoms with Crippen LogP contribution in [-0.4, -0.2) is 43.2 Å². The second-order valence-corrected chi connectivity index (χ2v) is 8.35. The molecule has 1 aromatic carbocycles. The third-order valence-electron chi connectivity index (χ3n) is 5.11. The van der Waals surface area contributed by atoms with Crippen molar-refractivity contribution in [2.75, 3.05) is 32.7 Å². The number of ether oxygens (including phenoxy) is 1. The van der Waals surface area contributed by atoms with E-state index < -0.39 is 0 Å². The van der Waals surface area contributed by atoms with Crippen molar-refractivity contribution in [2.24, 2.45) is 5.41 Å². The summed E-state index contributed by atoms with van der Waals surface area (Å²) in [6, 6.07) is 7.67.